The maximum absolute atomic E-state index is 13.3. The Hall–Kier alpha value is -3.00. The van der Waals surface area contributed by atoms with Gasteiger partial charge in [-0.3, -0.25) is 14.6 Å². The van der Waals surface area contributed by atoms with Crippen LogP contribution in [0.2, 0.25) is 0 Å². The minimum absolute atomic E-state index is 0.0827. The predicted molar refractivity (Wildman–Crippen MR) is 120 cm³/mol. The Morgan fingerprint density at radius 1 is 1.06 bits per heavy atom. The van der Waals surface area contributed by atoms with Crippen molar-refractivity contribution in [3.63, 3.8) is 0 Å². The normalized spacial score (nSPS) is 18.1. The average Bonchev–Trinajstić information content (AvgIpc) is 2.85. The lowest BCUT2D eigenvalue weighted by Crippen LogP contribution is -2.49. The molecule has 0 atom stereocenters. The van der Waals surface area contributed by atoms with E-state index in [1.54, 1.807) is 18.3 Å². The molecule has 2 aliphatic rings. The van der Waals surface area contributed by atoms with E-state index in [1.165, 1.54) is 12.1 Å². The first-order valence-electron chi connectivity index (χ1n) is 11.4. The van der Waals surface area contributed by atoms with Gasteiger partial charge in [-0.2, -0.15) is 0 Å². The molecule has 0 saturated carbocycles. The van der Waals surface area contributed by atoms with Crippen LogP contribution in [0.3, 0.4) is 0 Å². The summed E-state index contributed by atoms with van der Waals surface area (Å²) in [5.41, 5.74) is 0.915. The van der Waals surface area contributed by atoms with Crippen LogP contribution in [0.15, 0.2) is 42.6 Å². The fourth-order valence-corrected chi connectivity index (χ4v) is 4.43. The van der Waals surface area contributed by atoms with E-state index in [-0.39, 0.29) is 17.6 Å². The third-order valence-corrected chi connectivity index (χ3v) is 6.57. The lowest BCUT2D eigenvalue weighted by Gasteiger charge is -2.42. The Morgan fingerprint density at radius 3 is 2.42 bits per heavy atom. The van der Waals surface area contributed by atoms with Gasteiger partial charge in [-0.15, -0.1) is 0 Å². The fraction of sp³-hybridized carbons (Fsp3) is 0.480. The summed E-state index contributed by atoms with van der Waals surface area (Å²) in [6, 6.07) is 9.60. The van der Waals surface area contributed by atoms with Crippen molar-refractivity contribution in [1.82, 2.24) is 14.8 Å². The Morgan fingerprint density at radius 2 is 1.76 bits per heavy atom. The molecule has 0 spiro atoms. The molecule has 8 heteroatoms. The highest BCUT2D eigenvalue weighted by atomic mass is 19.1. The van der Waals surface area contributed by atoms with Crippen molar-refractivity contribution in [1.29, 1.82) is 0 Å². The van der Waals surface area contributed by atoms with Gasteiger partial charge in [-0.05, 0) is 55.7 Å². The van der Waals surface area contributed by atoms with Gasteiger partial charge < -0.3 is 19.3 Å². The molecule has 2 aliphatic heterocycles. The maximum Gasteiger partial charge on any atom is 0.272 e. The second kappa shape index (κ2) is 10.3. The van der Waals surface area contributed by atoms with Crippen LogP contribution in [-0.4, -0.2) is 72.6 Å². The van der Waals surface area contributed by atoms with Crippen LogP contribution in [0.5, 0.6) is 5.75 Å². The lowest BCUT2D eigenvalue weighted by molar-refractivity contribution is -0.139. The number of halogens is 1. The molecule has 2 aromatic rings. The van der Waals surface area contributed by atoms with Gasteiger partial charge in [0.15, 0.2) is 0 Å². The van der Waals surface area contributed by atoms with Gasteiger partial charge in [0.2, 0.25) is 5.91 Å². The molecule has 0 aliphatic carbocycles. The molecular formula is C25H30FN3O4. The number of carbonyl (C=O) groups is 2. The maximum atomic E-state index is 13.3. The molecule has 2 saturated heterocycles. The minimum atomic E-state index is -0.403. The van der Waals surface area contributed by atoms with E-state index in [9.17, 15) is 14.0 Å². The van der Waals surface area contributed by atoms with Crippen molar-refractivity contribution in [2.45, 2.75) is 26.2 Å². The molecule has 0 radical (unpaired) electrons. The number of aromatic nitrogens is 1. The number of amides is 2. The summed E-state index contributed by atoms with van der Waals surface area (Å²) in [4.78, 5) is 34.0. The summed E-state index contributed by atoms with van der Waals surface area (Å²) < 4.78 is 24.6. The number of carbonyl (C=O) groups excluding carboxylic acids is 2. The van der Waals surface area contributed by atoms with Crippen LogP contribution < -0.4 is 4.74 Å². The molecule has 1 aromatic carbocycles. The topological polar surface area (TPSA) is 72.0 Å². The Labute approximate surface area is 193 Å². The molecule has 4 rings (SSSR count). The van der Waals surface area contributed by atoms with E-state index in [0.717, 1.165) is 5.56 Å². The third kappa shape index (κ3) is 5.68. The molecule has 0 N–H and O–H groups in total. The number of rotatable bonds is 6. The molecule has 176 valence electrons. The summed E-state index contributed by atoms with van der Waals surface area (Å²) in [5.74, 6) is 0.246. The van der Waals surface area contributed by atoms with Gasteiger partial charge in [-0.1, -0.05) is 6.07 Å². The molecule has 7 nitrogen and oxygen atoms in total. The molecule has 0 unspecified atom stereocenters. The summed E-state index contributed by atoms with van der Waals surface area (Å²) in [7, 11) is 0. The van der Waals surface area contributed by atoms with Gasteiger partial charge in [0.1, 0.15) is 17.3 Å². The first-order chi connectivity index (χ1) is 16.0. The second-order valence-electron chi connectivity index (χ2n) is 8.87. The number of morpholine rings is 1. The van der Waals surface area contributed by atoms with Crippen LogP contribution in [0.25, 0.3) is 0 Å². The zero-order chi connectivity index (χ0) is 23.3. The third-order valence-electron chi connectivity index (χ3n) is 6.57. The standard InChI is InChI=1S/C25H30FN3O4/c1-19-3-2-10-27-23(19)24(31)29-11-8-25(9-12-29,17-22(30)28-13-15-32-16-14-28)18-33-21-6-4-20(26)5-7-21/h2-7,10H,8-9,11-18H2,1H3. The number of hydrogen-bond donors (Lipinski definition) is 0. The Bertz CT molecular complexity index is 968. The molecule has 1 aromatic heterocycles. The van der Waals surface area contributed by atoms with Crippen LogP contribution in [0, 0.1) is 18.2 Å². The lowest BCUT2D eigenvalue weighted by atomic mass is 9.75. The number of piperidine rings is 1. The monoisotopic (exact) mass is 455 g/mol. The number of nitrogens with zero attached hydrogens (tertiary/aromatic N) is 3. The van der Waals surface area contributed by atoms with Gasteiger partial charge in [0.25, 0.3) is 5.91 Å². The summed E-state index contributed by atoms with van der Waals surface area (Å²) >= 11 is 0. The van der Waals surface area contributed by atoms with Crippen LogP contribution in [-0.2, 0) is 9.53 Å². The summed E-state index contributed by atoms with van der Waals surface area (Å²) in [5, 5.41) is 0. The van der Waals surface area contributed by atoms with Crippen LogP contribution >= 0.6 is 0 Å². The van der Waals surface area contributed by atoms with Crippen molar-refractivity contribution >= 4 is 11.8 Å². The first-order valence-corrected chi connectivity index (χ1v) is 11.4. The zero-order valence-corrected chi connectivity index (χ0v) is 19.0. The van der Waals surface area contributed by atoms with Gasteiger partial charge in [-0.25, -0.2) is 4.39 Å². The predicted octanol–water partition coefficient (Wildman–Crippen LogP) is 3.08. The largest absolute Gasteiger partial charge is 0.493 e. The van der Waals surface area contributed by atoms with Crippen molar-refractivity contribution in [3.05, 3.63) is 59.7 Å². The number of pyridine rings is 1. The minimum Gasteiger partial charge on any atom is -0.493 e. The van der Waals surface area contributed by atoms with E-state index in [4.69, 9.17) is 9.47 Å². The molecule has 2 fully saturated rings. The highest BCUT2D eigenvalue weighted by molar-refractivity contribution is 5.93. The van der Waals surface area contributed by atoms with Gasteiger partial charge in [0.05, 0.1) is 19.8 Å². The molecule has 33 heavy (non-hydrogen) atoms. The first kappa shape index (κ1) is 23.2. The van der Waals surface area contributed by atoms with Gasteiger partial charge >= 0.3 is 0 Å². The number of aryl methyl sites for hydroxylation is 1. The quantitative estimate of drug-likeness (QED) is 0.670. The highest BCUT2D eigenvalue weighted by Crippen LogP contribution is 2.37. The SMILES string of the molecule is Cc1cccnc1C(=O)N1CCC(COc2ccc(F)cc2)(CC(=O)N2CCOCC2)CC1. The van der Waals surface area contributed by atoms with Crippen LogP contribution in [0.1, 0.15) is 35.3 Å². The molecular weight excluding hydrogens is 425 g/mol. The number of benzene rings is 1. The Kier molecular flexibility index (Phi) is 7.23. The second-order valence-corrected chi connectivity index (χ2v) is 8.87. The molecule has 3 heterocycles. The van der Waals surface area contributed by atoms with Crippen molar-refractivity contribution in [2.24, 2.45) is 5.41 Å². The molecule has 0 bridgehead atoms. The van der Waals surface area contributed by atoms with Crippen molar-refractivity contribution < 1.29 is 23.5 Å². The highest BCUT2D eigenvalue weighted by Gasteiger charge is 2.40. The summed E-state index contributed by atoms with van der Waals surface area (Å²) in [6.07, 6.45) is 3.26. The molecule has 2 amide bonds. The Balaban J connectivity index is 1.45. The van der Waals surface area contributed by atoms with Gasteiger partial charge in [0, 0.05) is 44.2 Å². The zero-order valence-electron chi connectivity index (χ0n) is 19.0. The number of ether oxygens (including phenoxy) is 2. The average molecular weight is 456 g/mol. The smallest absolute Gasteiger partial charge is 0.272 e. The summed E-state index contributed by atoms with van der Waals surface area (Å²) in [6.45, 7) is 5.56. The van der Waals surface area contributed by atoms with Crippen molar-refractivity contribution in [2.75, 3.05) is 46.0 Å². The number of likely N-dealkylation sites (tertiary alicyclic amines) is 1. The van der Waals surface area contributed by atoms with E-state index < -0.39 is 5.41 Å². The van der Waals surface area contributed by atoms with Crippen LogP contribution in [0.4, 0.5) is 4.39 Å². The number of hydrogen-bond acceptors (Lipinski definition) is 5. The van der Waals surface area contributed by atoms with E-state index in [1.807, 2.05) is 28.9 Å². The van der Waals surface area contributed by atoms with E-state index in [0.29, 0.717) is 76.7 Å². The van der Waals surface area contributed by atoms with E-state index in [2.05, 4.69) is 4.98 Å². The van der Waals surface area contributed by atoms with Crippen molar-refractivity contribution in [3.8, 4) is 5.75 Å². The van der Waals surface area contributed by atoms with E-state index >= 15 is 0 Å². The fourth-order valence-electron chi connectivity index (χ4n) is 4.43.